The van der Waals surface area contributed by atoms with Crippen molar-refractivity contribution in [2.24, 2.45) is 0 Å². The van der Waals surface area contributed by atoms with Gasteiger partial charge in [-0.3, -0.25) is 4.79 Å². The molecule has 3 N–H and O–H groups in total. The average molecular weight is 185 g/mol. The van der Waals surface area contributed by atoms with Gasteiger partial charge in [0.2, 0.25) is 0 Å². The van der Waals surface area contributed by atoms with Gasteiger partial charge in [0.05, 0.1) is 12.8 Å². The monoisotopic (exact) mass is 185 g/mol. The first kappa shape index (κ1) is 9.76. The third-order valence-electron chi connectivity index (χ3n) is 1.49. The minimum atomic E-state index is -0.952. The number of hydrogen-bond acceptors (Lipinski definition) is 4. The van der Waals surface area contributed by atoms with Crippen LogP contribution >= 0.6 is 0 Å². The maximum atomic E-state index is 10.1. The van der Waals surface area contributed by atoms with E-state index >= 15 is 0 Å². The van der Waals surface area contributed by atoms with E-state index in [2.05, 4.69) is 5.32 Å². The topological polar surface area (TPSA) is 82.7 Å². The normalized spacial score (nSPS) is 12.7. The van der Waals surface area contributed by atoms with Gasteiger partial charge in [0.25, 0.3) is 0 Å². The first-order valence-electron chi connectivity index (χ1n) is 3.84. The van der Waals surface area contributed by atoms with Gasteiger partial charge in [-0.15, -0.1) is 0 Å². The van der Waals surface area contributed by atoms with E-state index in [0.29, 0.717) is 5.76 Å². The van der Waals surface area contributed by atoms with Crippen LogP contribution in [0, 0.1) is 0 Å². The molecule has 5 nitrogen and oxygen atoms in total. The molecule has 1 heterocycles. The fourth-order valence-corrected chi connectivity index (χ4v) is 0.897. The average Bonchev–Trinajstić information content (AvgIpc) is 2.55. The van der Waals surface area contributed by atoms with Crippen LogP contribution in [0.1, 0.15) is 11.9 Å². The molecule has 1 aromatic rings. The molecule has 13 heavy (non-hydrogen) atoms. The van der Waals surface area contributed by atoms with Gasteiger partial charge in [-0.25, -0.2) is 0 Å². The minimum absolute atomic E-state index is 0.166. The SMILES string of the molecule is O=C(O)CNCC(O)c1ccco1. The fourth-order valence-electron chi connectivity index (χ4n) is 0.897. The second kappa shape index (κ2) is 4.64. The van der Waals surface area contributed by atoms with E-state index in [9.17, 15) is 9.90 Å². The van der Waals surface area contributed by atoms with Crippen molar-refractivity contribution in [2.75, 3.05) is 13.1 Å². The molecule has 0 aliphatic rings. The summed E-state index contributed by atoms with van der Waals surface area (Å²) >= 11 is 0. The molecule has 5 heteroatoms. The highest BCUT2D eigenvalue weighted by Gasteiger charge is 2.09. The van der Waals surface area contributed by atoms with Crippen LogP contribution in [0.2, 0.25) is 0 Å². The van der Waals surface area contributed by atoms with Crippen LogP contribution in [0.3, 0.4) is 0 Å². The van der Waals surface area contributed by atoms with E-state index in [1.165, 1.54) is 6.26 Å². The third kappa shape index (κ3) is 3.27. The molecule has 0 saturated heterocycles. The van der Waals surface area contributed by atoms with Crippen LogP contribution in [0.25, 0.3) is 0 Å². The summed E-state index contributed by atoms with van der Waals surface area (Å²) in [6.45, 7) is -0.00240. The lowest BCUT2D eigenvalue weighted by molar-refractivity contribution is -0.136. The van der Waals surface area contributed by atoms with Gasteiger partial charge in [0.1, 0.15) is 11.9 Å². The number of hydrogen-bond donors (Lipinski definition) is 3. The summed E-state index contributed by atoms with van der Waals surface area (Å²) in [5, 5.41) is 20.2. The lowest BCUT2D eigenvalue weighted by Gasteiger charge is -2.06. The van der Waals surface area contributed by atoms with E-state index in [4.69, 9.17) is 9.52 Å². The van der Waals surface area contributed by atoms with Gasteiger partial charge >= 0.3 is 5.97 Å². The summed E-state index contributed by atoms with van der Waals surface area (Å²) in [5.74, 6) is -0.524. The smallest absolute Gasteiger partial charge is 0.317 e. The van der Waals surface area contributed by atoms with Crippen molar-refractivity contribution in [3.05, 3.63) is 24.2 Å². The molecule has 0 radical (unpaired) electrons. The molecule has 1 unspecified atom stereocenters. The molecule has 0 saturated carbocycles. The summed E-state index contributed by atoms with van der Waals surface area (Å²) in [6.07, 6.45) is 0.657. The predicted octanol–water partition coefficient (Wildman–Crippen LogP) is -0.0128. The summed E-state index contributed by atoms with van der Waals surface area (Å²) in [5.41, 5.74) is 0. The minimum Gasteiger partial charge on any atom is -0.480 e. The van der Waals surface area contributed by atoms with E-state index in [0.717, 1.165) is 0 Å². The van der Waals surface area contributed by atoms with Gasteiger partial charge in [-0.1, -0.05) is 0 Å². The van der Waals surface area contributed by atoms with Crippen LogP contribution in [0.15, 0.2) is 22.8 Å². The largest absolute Gasteiger partial charge is 0.480 e. The Kier molecular flexibility index (Phi) is 3.48. The fraction of sp³-hybridized carbons (Fsp3) is 0.375. The Morgan fingerprint density at radius 2 is 2.46 bits per heavy atom. The van der Waals surface area contributed by atoms with Gasteiger partial charge in [0, 0.05) is 6.54 Å². The van der Waals surface area contributed by atoms with Crippen LogP contribution < -0.4 is 5.32 Å². The Hall–Kier alpha value is -1.33. The Balaban J connectivity index is 2.26. The number of aliphatic hydroxyl groups is 1. The number of rotatable bonds is 5. The van der Waals surface area contributed by atoms with Crippen molar-refractivity contribution >= 4 is 5.97 Å². The molecule has 0 aromatic carbocycles. The van der Waals surface area contributed by atoms with Crippen LogP contribution in [-0.4, -0.2) is 29.3 Å². The number of aliphatic hydroxyl groups excluding tert-OH is 1. The summed E-state index contributed by atoms with van der Waals surface area (Å²) in [7, 11) is 0. The number of carbonyl (C=O) groups is 1. The molecule has 0 aliphatic carbocycles. The zero-order valence-electron chi connectivity index (χ0n) is 6.93. The van der Waals surface area contributed by atoms with Crippen molar-refractivity contribution < 1.29 is 19.4 Å². The van der Waals surface area contributed by atoms with Gasteiger partial charge in [-0.05, 0) is 12.1 Å². The molecule has 0 amide bonds. The Morgan fingerprint density at radius 3 is 3.00 bits per heavy atom. The maximum Gasteiger partial charge on any atom is 0.317 e. The van der Waals surface area contributed by atoms with Gasteiger partial charge in [0.15, 0.2) is 0 Å². The molecule has 0 fully saturated rings. The molecule has 72 valence electrons. The number of carboxylic acids is 1. The lowest BCUT2D eigenvalue weighted by Crippen LogP contribution is -2.27. The van der Waals surface area contributed by atoms with Crippen molar-refractivity contribution in [3.8, 4) is 0 Å². The van der Waals surface area contributed by atoms with Crippen molar-refractivity contribution in [2.45, 2.75) is 6.10 Å². The number of furan rings is 1. The predicted molar refractivity (Wildman–Crippen MR) is 44.2 cm³/mol. The summed E-state index contributed by atoms with van der Waals surface area (Å²) < 4.78 is 4.92. The lowest BCUT2D eigenvalue weighted by atomic mass is 10.3. The third-order valence-corrected chi connectivity index (χ3v) is 1.49. The molecule has 0 aliphatic heterocycles. The summed E-state index contributed by atoms with van der Waals surface area (Å²) in [4.78, 5) is 10.1. The zero-order valence-corrected chi connectivity index (χ0v) is 6.93. The number of aliphatic carboxylic acids is 1. The highest BCUT2D eigenvalue weighted by atomic mass is 16.4. The second-order valence-corrected chi connectivity index (χ2v) is 2.56. The first-order valence-corrected chi connectivity index (χ1v) is 3.84. The van der Waals surface area contributed by atoms with E-state index in [1.807, 2.05) is 0 Å². The number of carboxylic acid groups (broad SMARTS) is 1. The molecule has 1 atom stereocenters. The Morgan fingerprint density at radius 1 is 1.69 bits per heavy atom. The first-order chi connectivity index (χ1) is 6.20. The highest BCUT2D eigenvalue weighted by molar-refractivity contribution is 5.68. The van der Waals surface area contributed by atoms with E-state index in [1.54, 1.807) is 12.1 Å². The highest BCUT2D eigenvalue weighted by Crippen LogP contribution is 2.11. The molecule has 1 aromatic heterocycles. The Bertz CT molecular complexity index is 257. The van der Waals surface area contributed by atoms with Crippen LogP contribution in [0.5, 0.6) is 0 Å². The molecular weight excluding hydrogens is 174 g/mol. The van der Waals surface area contributed by atoms with E-state index in [-0.39, 0.29) is 13.1 Å². The molecule has 0 bridgehead atoms. The molecular formula is C8H11NO4. The van der Waals surface area contributed by atoms with Gasteiger partial charge < -0.3 is 19.9 Å². The van der Waals surface area contributed by atoms with Crippen LogP contribution in [0.4, 0.5) is 0 Å². The standard InChI is InChI=1S/C8H11NO4/c10-6(4-9-5-8(11)12)7-2-1-3-13-7/h1-3,6,9-10H,4-5H2,(H,11,12). The van der Waals surface area contributed by atoms with Crippen molar-refractivity contribution in [3.63, 3.8) is 0 Å². The van der Waals surface area contributed by atoms with Crippen molar-refractivity contribution in [1.82, 2.24) is 5.32 Å². The second-order valence-electron chi connectivity index (χ2n) is 2.56. The molecule has 0 spiro atoms. The Labute approximate surface area is 75.0 Å². The quantitative estimate of drug-likeness (QED) is 0.600. The maximum absolute atomic E-state index is 10.1. The van der Waals surface area contributed by atoms with Crippen molar-refractivity contribution in [1.29, 1.82) is 0 Å². The number of nitrogens with one attached hydrogen (secondary N) is 1. The molecule has 1 rings (SSSR count). The van der Waals surface area contributed by atoms with Crippen LogP contribution in [-0.2, 0) is 4.79 Å². The van der Waals surface area contributed by atoms with Gasteiger partial charge in [-0.2, -0.15) is 0 Å². The summed E-state index contributed by atoms with van der Waals surface area (Å²) in [6, 6.07) is 3.29. The van der Waals surface area contributed by atoms with E-state index < -0.39 is 12.1 Å². The zero-order chi connectivity index (χ0) is 9.68.